The zero-order valence-electron chi connectivity index (χ0n) is 19.7. The van der Waals surface area contributed by atoms with Gasteiger partial charge in [-0.15, -0.1) is 22.7 Å². The predicted molar refractivity (Wildman–Crippen MR) is 137 cm³/mol. The van der Waals surface area contributed by atoms with Gasteiger partial charge in [-0.3, -0.25) is 14.8 Å². The molecule has 0 aliphatic heterocycles. The van der Waals surface area contributed by atoms with Gasteiger partial charge in [0, 0.05) is 11.7 Å². The fourth-order valence-electron chi connectivity index (χ4n) is 4.09. The lowest BCUT2D eigenvalue weighted by Gasteiger charge is -2.16. The van der Waals surface area contributed by atoms with E-state index >= 15 is 0 Å². The molecule has 1 atom stereocenters. The van der Waals surface area contributed by atoms with Crippen LogP contribution in [0.25, 0.3) is 9.40 Å². The highest BCUT2D eigenvalue weighted by atomic mass is 32.1. The van der Waals surface area contributed by atoms with Crippen molar-refractivity contribution in [2.45, 2.75) is 38.2 Å². The molecule has 1 aliphatic carbocycles. The number of carbonyl (C=O) groups excluding carboxylic acids is 1. The molecule has 0 bridgehead atoms. The summed E-state index contributed by atoms with van der Waals surface area (Å²) < 4.78 is 23.1. The average Bonchev–Trinajstić information content (AvgIpc) is 3.32. The predicted octanol–water partition coefficient (Wildman–Crippen LogP) is 5.97. The van der Waals surface area contributed by atoms with Crippen molar-refractivity contribution in [2.24, 2.45) is 7.05 Å². The number of aromatic nitrogens is 2. The van der Waals surface area contributed by atoms with Crippen LogP contribution in [0.4, 0.5) is 15.0 Å². The van der Waals surface area contributed by atoms with Gasteiger partial charge >= 0.3 is 12.1 Å². The number of nitrogens with one attached hydrogen (secondary N) is 1. The zero-order valence-corrected chi connectivity index (χ0v) is 21.3. The fraction of sp³-hybridized carbons (Fsp3) is 0.269. The largest absolute Gasteiger partial charge is 0.481 e. The molecule has 3 heterocycles. The van der Waals surface area contributed by atoms with Gasteiger partial charge in [0.1, 0.15) is 17.3 Å². The van der Waals surface area contributed by atoms with Crippen LogP contribution in [0.3, 0.4) is 0 Å². The monoisotopic (exact) mass is 523 g/mol. The topological polar surface area (TPSA) is 93.4 Å². The van der Waals surface area contributed by atoms with E-state index in [1.807, 2.05) is 31.2 Å². The summed E-state index contributed by atoms with van der Waals surface area (Å²) in [7, 11) is 1.68. The SMILES string of the molecule is Cc1ccccc1C(C)OC(=O)Nc1c(C#Cc2cc3sc(C4(C(=O)O)CC4)c(F)c3s2)cnn1C. The summed E-state index contributed by atoms with van der Waals surface area (Å²) in [6.07, 6.45) is 1.39. The molecule has 1 fully saturated rings. The maximum Gasteiger partial charge on any atom is 0.413 e. The van der Waals surface area contributed by atoms with Crippen LogP contribution in [0.1, 0.15) is 52.3 Å². The Morgan fingerprint density at radius 1 is 1.28 bits per heavy atom. The standard InChI is InChI=1S/C26H22FN3O4S2/c1-14-6-4-5-7-18(14)15(2)34-25(33)29-23-16(13-28-30(23)3)8-9-17-12-19-21(35-17)20(27)22(36-19)26(10-11-26)24(31)32/h4-7,12-13,15H,10-11H2,1-3H3,(H,29,33)(H,31,32). The molecule has 10 heteroatoms. The minimum Gasteiger partial charge on any atom is -0.481 e. The van der Waals surface area contributed by atoms with Crippen molar-refractivity contribution in [1.82, 2.24) is 9.78 Å². The van der Waals surface area contributed by atoms with Crippen LogP contribution < -0.4 is 5.32 Å². The second kappa shape index (κ2) is 9.08. The molecular formula is C26H22FN3O4S2. The van der Waals surface area contributed by atoms with E-state index in [1.165, 1.54) is 33.6 Å². The molecule has 1 saturated carbocycles. The molecule has 1 aromatic carbocycles. The van der Waals surface area contributed by atoms with Gasteiger partial charge in [-0.2, -0.15) is 5.10 Å². The van der Waals surface area contributed by atoms with Gasteiger partial charge in [-0.1, -0.05) is 36.1 Å². The first-order valence-corrected chi connectivity index (χ1v) is 12.9. The smallest absolute Gasteiger partial charge is 0.413 e. The van der Waals surface area contributed by atoms with Gasteiger partial charge in [-0.25, -0.2) is 9.18 Å². The van der Waals surface area contributed by atoms with Crippen LogP contribution in [-0.4, -0.2) is 26.9 Å². The third-order valence-electron chi connectivity index (χ3n) is 6.29. The van der Waals surface area contributed by atoms with Crippen molar-refractivity contribution in [3.05, 3.63) is 68.8 Å². The van der Waals surface area contributed by atoms with Crippen LogP contribution in [0.5, 0.6) is 0 Å². The van der Waals surface area contributed by atoms with Crippen molar-refractivity contribution in [1.29, 1.82) is 0 Å². The van der Waals surface area contributed by atoms with Crippen molar-refractivity contribution in [3.63, 3.8) is 0 Å². The summed E-state index contributed by atoms with van der Waals surface area (Å²) in [6, 6.07) is 9.46. The number of aliphatic carboxylic acids is 1. The van der Waals surface area contributed by atoms with E-state index in [9.17, 15) is 19.1 Å². The van der Waals surface area contributed by atoms with Crippen LogP contribution in [0.2, 0.25) is 0 Å². The molecule has 1 amide bonds. The van der Waals surface area contributed by atoms with E-state index in [2.05, 4.69) is 22.3 Å². The van der Waals surface area contributed by atoms with E-state index in [0.29, 0.717) is 43.4 Å². The van der Waals surface area contributed by atoms with E-state index in [4.69, 9.17) is 4.74 Å². The van der Waals surface area contributed by atoms with Gasteiger partial charge in [-0.05, 0) is 43.9 Å². The summed E-state index contributed by atoms with van der Waals surface area (Å²) in [5.41, 5.74) is 1.36. The van der Waals surface area contributed by atoms with Crippen molar-refractivity contribution in [2.75, 3.05) is 5.32 Å². The lowest BCUT2D eigenvalue weighted by Crippen LogP contribution is -2.19. The number of benzene rings is 1. The minimum atomic E-state index is -1.07. The lowest BCUT2D eigenvalue weighted by molar-refractivity contribution is -0.140. The molecule has 0 saturated heterocycles. The number of rotatable bonds is 5. The Labute approximate surface area is 214 Å². The molecule has 4 aromatic rings. The number of carboxylic acid groups (broad SMARTS) is 1. The molecule has 0 radical (unpaired) electrons. The summed E-state index contributed by atoms with van der Waals surface area (Å²) >= 11 is 2.36. The molecular weight excluding hydrogens is 501 g/mol. The molecule has 3 aromatic heterocycles. The van der Waals surface area contributed by atoms with E-state index < -0.39 is 29.4 Å². The first-order chi connectivity index (χ1) is 17.2. The van der Waals surface area contributed by atoms with E-state index in [1.54, 1.807) is 20.0 Å². The summed E-state index contributed by atoms with van der Waals surface area (Å²) in [6.45, 7) is 3.76. The van der Waals surface area contributed by atoms with Crippen LogP contribution in [0, 0.1) is 24.6 Å². The first kappa shape index (κ1) is 24.0. The number of ether oxygens (including phenoxy) is 1. The Balaban J connectivity index is 1.33. The zero-order chi connectivity index (χ0) is 25.6. The molecule has 1 unspecified atom stereocenters. The fourth-order valence-corrected chi connectivity index (χ4v) is 6.59. The van der Waals surface area contributed by atoms with Crippen LogP contribution in [-0.2, 0) is 22.0 Å². The van der Waals surface area contributed by atoms with Crippen LogP contribution >= 0.6 is 22.7 Å². The van der Waals surface area contributed by atoms with Gasteiger partial charge in [0.25, 0.3) is 0 Å². The number of fused-ring (bicyclic) bond motifs is 1. The van der Waals surface area contributed by atoms with Crippen LogP contribution in [0.15, 0.2) is 36.5 Å². The Morgan fingerprint density at radius 3 is 2.69 bits per heavy atom. The van der Waals surface area contributed by atoms with Gasteiger partial charge in [0.2, 0.25) is 0 Å². The number of halogens is 1. The van der Waals surface area contributed by atoms with Crippen molar-refractivity contribution < 1.29 is 23.8 Å². The highest BCUT2D eigenvalue weighted by molar-refractivity contribution is 7.28. The molecule has 36 heavy (non-hydrogen) atoms. The van der Waals surface area contributed by atoms with Gasteiger partial charge in [0.15, 0.2) is 5.82 Å². The maximum absolute atomic E-state index is 15.0. The molecule has 184 valence electrons. The van der Waals surface area contributed by atoms with Gasteiger partial charge in [0.05, 0.1) is 26.2 Å². The first-order valence-electron chi connectivity index (χ1n) is 11.2. The molecule has 5 rings (SSSR count). The Morgan fingerprint density at radius 2 is 2.03 bits per heavy atom. The quantitative estimate of drug-likeness (QED) is 0.315. The minimum absolute atomic E-state index is 0.299. The molecule has 2 N–H and O–H groups in total. The number of nitrogens with zero attached hydrogens (tertiary/aromatic N) is 2. The Bertz CT molecular complexity index is 1570. The number of hydrogen-bond donors (Lipinski definition) is 2. The summed E-state index contributed by atoms with van der Waals surface area (Å²) in [5, 5.41) is 16.4. The number of aryl methyl sites for hydroxylation is 2. The summed E-state index contributed by atoms with van der Waals surface area (Å²) in [5.74, 6) is 4.95. The number of amides is 1. The molecule has 0 spiro atoms. The van der Waals surface area contributed by atoms with Gasteiger partial charge < -0.3 is 9.84 Å². The second-order valence-electron chi connectivity index (χ2n) is 8.75. The lowest BCUT2D eigenvalue weighted by atomic mass is 10.1. The third kappa shape index (κ3) is 4.25. The third-order valence-corrected chi connectivity index (χ3v) is 8.78. The molecule has 7 nitrogen and oxygen atoms in total. The van der Waals surface area contributed by atoms with E-state index in [0.717, 1.165) is 11.1 Å². The number of carbonyl (C=O) groups is 2. The number of anilines is 1. The summed E-state index contributed by atoms with van der Waals surface area (Å²) in [4.78, 5) is 25.1. The van der Waals surface area contributed by atoms with E-state index in [-0.39, 0.29) is 0 Å². The number of hydrogen-bond acceptors (Lipinski definition) is 6. The number of thiophene rings is 2. The maximum atomic E-state index is 15.0. The molecule has 1 aliphatic rings. The normalized spacial score (nSPS) is 14.7. The Hall–Kier alpha value is -3.68. The number of carboxylic acids is 1. The van der Waals surface area contributed by atoms with Crippen molar-refractivity contribution >= 4 is 50.0 Å². The Kier molecular flexibility index (Phi) is 6.06. The van der Waals surface area contributed by atoms with Crippen molar-refractivity contribution in [3.8, 4) is 11.8 Å². The second-order valence-corrected chi connectivity index (χ2v) is 10.9. The highest BCUT2D eigenvalue weighted by Gasteiger charge is 2.55. The highest BCUT2D eigenvalue weighted by Crippen LogP contribution is 2.54. The average molecular weight is 524 g/mol.